The van der Waals surface area contributed by atoms with Crippen molar-refractivity contribution in [1.82, 2.24) is 0 Å². The number of hydrogen-bond donors (Lipinski definition) is 0. The average Bonchev–Trinajstić information content (AvgIpc) is 1.36. The molecule has 0 fully saturated rings. The van der Waals surface area contributed by atoms with Crippen LogP contribution in [0.25, 0.3) is 209 Å². The molecule has 21 aromatic rings. The molecule has 24 rings (SSSR count). The standard InChI is InChI=1S/C60H44.C59H40/c1-59(2)53-22-11-9-18-45(53)47-29-26-42(35-55(47)59)41-27-31-51-52(34-41)58(44-28-30-48-46-19-10-12-23-54(46)60(3,4)56(48)36-44)50-21-8-7-20-49(50)57(51)43-17-13-16-39(33-43)40-25-24-37-14-5-6-15-38(37)32-40;1-59(2)55-22-12-11-19-48(55)49-31-29-43(36-56(49)59)42-30-32-52-54(34-42)58(53-35-44-15-5-6-16-45(44)46-17-7-8-18-47(46)53)51-21-10-9-20-50(51)57(52)39-26-23-38(24-27-39)41-28-25-37-13-3-4-14-40(37)33-41/h5-36H,1-4H3;3-36H,1-2H3. The molecule has 3 aliphatic rings. The van der Waals surface area contributed by atoms with Crippen LogP contribution in [0.15, 0.2) is 400 Å². The van der Waals surface area contributed by atoms with Crippen molar-refractivity contribution in [3.05, 3.63) is 434 Å². The lowest BCUT2D eigenvalue weighted by Crippen LogP contribution is -2.14. The molecule has 0 nitrogen and oxygen atoms in total. The van der Waals surface area contributed by atoms with Gasteiger partial charge < -0.3 is 0 Å². The van der Waals surface area contributed by atoms with Gasteiger partial charge in [-0.05, 0) is 297 Å². The van der Waals surface area contributed by atoms with E-state index >= 15 is 0 Å². The zero-order valence-electron chi connectivity index (χ0n) is 67.6. The van der Waals surface area contributed by atoms with Crippen LogP contribution in [-0.4, -0.2) is 0 Å². The molecule has 0 aromatic heterocycles. The predicted molar refractivity (Wildman–Crippen MR) is 509 cm³/mol. The van der Waals surface area contributed by atoms with E-state index in [1.54, 1.807) is 0 Å². The van der Waals surface area contributed by atoms with Gasteiger partial charge in [-0.1, -0.05) is 387 Å². The van der Waals surface area contributed by atoms with Crippen molar-refractivity contribution in [1.29, 1.82) is 0 Å². The third-order valence-electron chi connectivity index (χ3n) is 27.3. The molecule has 0 amide bonds. The first-order chi connectivity index (χ1) is 58.3. The average molecular weight is 1510 g/mol. The Morgan fingerprint density at radius 3 is 0.933 bits per heavy atom. The van der Waals surface area contributed by atoms with Crippen molar-refractivity contribution in [2.24, 2.45) is 0 Å². The summed E-state index contributed by atoms with van der Waals surface area (Å²) in [6, 6.07) is 150. The van der Waals surface area contributed by atoms with Crippen LogP contribution >= 0.6 is 0 Å². The highest BCUT2D eigenvalue weighted by molar-refractivity contribution is 6.27. The topological polar surface area (TPSA) is 0 Å². The highest BCUT2D eigenvalue weighted by Crippen LogP contribution is 2.56. The van der Waals surface area contributed by atoms with Gasteiger partial charge in [0.1, 0.15) is 0 Å². The van der Waals surface area contributed by atoms with E-state index in [1.807, 2.05) is 0 Å². The van der Waals surface area contributed by atoms with E-state index in [4.69, 9.17) is 0 Å². The largest absolute Gasteiger partial charge is 0.0619 e. The Labute approximate surface area is 695 Å². The van der Waals surface area contributed by atoms with E-state index in [1.165, 1.54) is 242 Å². The van der Waals surface area contributed by atoms with Gasteiger partial charge in [-0.25, -0.2) is 0 Å². The summed E-state index contributed by atoms with van der Waals surface area (Å²) in [5, 5.41) is 20.2. The van der Waals surface area contributed by atoms with Crippen molar-refractivity contribution in [2.75, 3.05) is 0 Å². The highest BCUT2D eigenvalue weighted by Gasteiger charge is 2.39. The van der Waals surface area contributed by atoms with Gasteiger partial charge in [0.2, 0.25) is 0 Å². The van der Waals surface area contributed by atoms with E-state index in [2.05, 4.69) is 442 Å². The minimum atomic E-state index is -0.101. The van der Waals surface area contributed by atoms with Crippen LogP contribution in [-0.2, 0) is 16.2 Å². The molecule has 0 N–H and O–H groups in total. The highest BCUT2D eigenvalue weighted by atomic mass is 14.4. The summed E-state index contributed by atoms with van der Waals surface area (Å²) in [5.41, 5.74) is 36.2. The lowest BCUT2D eigenvalue weighted by Gasteiger charge is -2.23. The first-order valence-corrected chi connectivity index (χ1v) is 42.1. The van der Waals surface area contributed by atoms with Gasteiger partial charge in [0.25, 0.3) is 0 Å². The van der Waals surface area contributed by atoms with Crippen LogP contribution in [0.3, 0.4) is 0 Å². The Morgan fingerprint density at radius 2 is 0.420 bits per heavy atom. The molecule has 119 heavy (non-hydrogen) atoms. The SMILES string of the molecule is CC1(C)c2ccccc2-c2ccc(-c3ccc4c(-c5ccc(-c6ccc7ccccc7c6)cc5)c5ccccc5c(-c5cc6ccccc6c6ccccc56)c4c3)cc21.CC1(C)c2ccccc2-c2ccc(-c3ccc4c(-c5cccc(-c6ccc7ccccc7c6)c5)c5ccccc5c(-c5ccc6c(c5)C(C)(C)c5ccccc5-6)c4c3)cc21. The van der Waals surface area contributed by atoms with Crippen molar-refractivity contribution in [2.45, 2.75) is 57.8 Å². The van der Waals surface area contributed by atoms with Crippen LogP contribution < -0.4 is 0 Å². The number of fused-ring (bicyclic) bond motifs is 18. The molecule has 0 heterocycles. The molecular weight excluding hydrogens is 1430 g/mol. The van der Waals surface area contributed by atoms with Crippen molar-refractivity contribution in [3.8, 4) is 122 Å². The summed E-state index contributed by atoms with van der Waals surface area (Å²) in [6.45, 7) is 14.3. The van der Waals surface area contributed by atoms with Crippen molar-refractivity contribution >= 4 is 86.2 Å². The van der Waals surface area contributed by atoms with Crippen LogP contribution in [0.2, 0.25) is 0 Å². The molecule has 0 unspecified atom stereocenters. The number of benzene rings is 21. The molecule has 0 saturated carbocycles. The van der Waals surface area contributed by atoms with Gasteiger partial charge in [-0.2, -0.15) is 0 Å². The monoisotopic (exact) mass is 1510 g/mol. The fraction of sp³-hybridized carbons (Fsp3) is 0.0756. The molecular formula is C119H84. The quantitative estimate of drug-likeness (QED) is 0.105. The van der Waals surface area contributed by atoms with Crippen molar-refractivity contribution in [3.63, 3.8) is 0 Å². The maximum Gasteiger partial charge on any atom is 0.0159 e. The Bertz CT molecular complexity index is 7870. The normalized spacial score (nSPS) is 13.7. The predicted octanol–water partition coefficient (Wildman–Crippen LogP) is 32.9. The first-order valence-electron chi connectivity index (χ1n) is 42.1. The van der Waals surface area contributed by atoms with E-state index in [-0.39, 0.29) is 16.2 Å². The van der Waals surface area contributed by atoms with Gasteiger partial charge in [0.05, 0.1) is 0 Å². The Balaban J connectivity index is 0.000000139. The summed E-state index contributed by atoms with van der Waals surface area (Å²) in [7, 11) is 0. The van der Waals surface area contributed by atoms with E-state index in [9.17, 15) is 0 Å². The summed E-state index contributed by atoms with van der Waals surface area (Å²) >= 11 is 0. The molecule has 0 radical (unpaired) electrons. The first kappa shape index (κ1) is 70.1. The van der Waals surface area contributed by atoms with Gasteiger partial charge in [-0.15, -0.1) is 0 Å². The summed E-state index contributed by atoms with van der Waals surface area (Å²) in [6.07, 6.45) is 0. The smallest absolute Gasteiger partial charge is 0.0159 e. The Hall–Kier alpha value is -14.3. The molecule has 0 aliphatic heterocycles. The maximum atomic E-state index is 2.50. The Morgan fingerprint density at radius 1 is 0.126 bits per heavy atom. The second-order valence-electron chi connectivity index (χ2n) is 34.9. The zero-order chi connectivity index (χ0) is 79.6. The molecule has 0 spiro atoms. The summed E-state index contributed by atoms with van der Waals surface area (Å²) in [4.78, 5) is 0. The van der Waals surface area contributed by atoms with E-state index in [0.29, 0.717) is 0 Å². The summed E-state index contributed by atoms with van der Waals surface area (Å²) < 4.78 is 0. The summed E-state index contributed by atoms with van der Waals surface area (Å²) in [5.74, 6) is 0. The van der Waals surface area contributed by atoms with Gasteiger partial charge in [0, 0.05) is 16.2 Å². The molecule has 0 bridgehead atoms. The van der Waals surface area contributed by atoms with Crippen LogP contribution in [0.5, 0.6) is 0 Å². The molecule has 0 saturated heterocycles. The zero-order valence-corrected chi connectivity index (χ0v) is 67.6. The fourth-order valence-electron chi connectivity index (χ4n) is 21.2. The Kier molecular flexibility index (Phi) is 15.8. The van der Waals surface area contributed by atoms with Crippen molar-refractivity contribution < 1.29 is 0 Å². The van der Waals surface area contributed by atoms with Crippen LogP contribution in [0.1, 0.15) is 74.9 Å². The number of hydrogen-bond acceptors (Lipinski definition) is 0. The van der Waals surface area contributed by atoms with Gasteiger partial charge in [-0.3, -0.25) is 0 Å². The second-order valence-corrected chi connectivity index (χ2v) is 34.9. The minimum absolute atomic E-state index is 0.0713. The molecule has 3 aliphatic carbocycles. The molecule has 21 aromatic carbocycles. The molecule has 560 valence electrons. The second kappa shape index (κ2) is 26.9. The van der Waals surface area contributed by atoms with Gasteiger partial charge in [0.15, 0.2) is 0 Å². The molecule has 0 atom stereocenters. The van der Waals surface area contributed by atoms with E-state index in [0.717, 1.165) is 0 Å². The minimum Gasteiger partial charge on any atom is -0.0619 e. The maximum absolute atomic E-state index is 2.50. The van der Waals surface area contributed by atoms with E-state index < -0.39 is 0 Å². The third kappa shape index (κ3) is 11.0. The lowest BCUT2D eigenvalue weighted by molar-refractivity contribution is 0.660. The third-order valence-corrected chi connectivity index (χ3v) is 27.3. The lowest BCUT2D eigenvalue weighted by atomic mass is 9.80. The van der Waals surface area contributed by atoms with Crippen LogP contribution in [0, 0.1) is 0 Å². The van der Waals surface area contributed by atoms with Gasteiger partial charge >= 0.3 is 0 Å². The fourth-order valence-corrected chi connectivity index (χ4v) is 21.2. The number of rotatable bonds is 8. The van der Waals surface area contributed by atoms with Crippen LogP contribution in [0.4, 0.5) is 0 Å². The molecule has 0 heteroatoms.